The quantitative estimate of drug-likeness (QED) is 0.840. The average molecular weight is 334 g/mol. The minimum Gasteiger partial charge on any atom is -0.496 e. The van der Waals surface area contributed by atoms with Crippen LogP contribution in [0.1, 0.15) is 24.1 Å². The summed E-state index contributed by atoms with van der Waals surface area (Å²) in [7, 11) is 1.52. The highest BCUT2D eigenvalue weighted by molar-refractivity contribution is 7.20. The average Bonchev–Trinajstić information content (AvgIpc) is 2.75. The zero-order valence-electron chi connectivity index (χ0n) is 11.0. The fourth-order valence-corrected chi connectivity index (χ4v) is 3.63. The molecule has 1 unspecified atom stereocenters. The molecule has 108 valence electrons. The lowest BCUT2D eigenvalue weighted by atomic mass is 9.99. The number of hydrogen-bond acceptors (Lipinski definition) is 3. The molecule has 1 N–H and O–H groups in total. The number of hydrogen-bond donors (Lipinski definition) is 1. The summed E-state index contributed by atoms with van der Waals surface area (Å²) < 4.78 is 20.6. The Hall–Kier alpha value is -0.810. The van der Waals surface area contributed by atoms with E-state index in [-0.39, 0.29) is 5.82 Å². The van der Waals surface area contributed by atoms with Gasteiger partial charge in [-0.1, -0.05) is 36.2 Å². The number of halogens is 3. The van der Waals surface area contributed by atoms with Crippen LogP contribution in [0.3, 0.4) is 0 Å². The van der Waals surface area contributed by atoms with Gasteiger partial charge in [-0.3, -0.25) is 0 Å². The van der Waals surface area contributed by atoms with Gasteiger partial charge < -0.3 is 10.1 Å². The van der Waals surface area contributed by atoms with Crippen molar-refractivity contribution in [3.8, 4) is 5.75 Å². The SMILES string of the molecule is CCNC(c1cc(Cl)sc1Cl)c1c(F)cccc1OC. The van der Waals surface area contributed by atoms with Crippen LogP contribution >= 0.6 is 34.5 Å². The number of benzene rings is 1. The maximum atomic E-state index is 14.2. The van der Waals surface area contributed by atoms with Crippen molar-refractivity contribution in [1.82, 2.24) is 5.32 Å². The zero-order valence-corrected chi connectivity index (χ0v) is 13.4. The smallest absolute Gasteiger partial charge is 0.132 e. The molecule has 0 saturated carbocycles. The Balaban J connectivity index is 2.57. The Morgan fingerprint density at radius 1 is 1.40 bits per heavy atom. The van der Waals surface area contributed by atoms with Gasteiger partial charge in [0.05, 0.1) is 27.4 Å². The molecular weight excluding hydrogens is 320 g/mol. The van der Waals surface area contributed by atoms with Crippen LogP contribution in [-0.4, -0.2) is 13.7 Å². The van der Waals surface area contributed by atoms with Crippen LogP contribution in [0, 0.1) is 5.82 Å². The summed E-state index contributed by atoms with van der Waals surface area (Å²) in [6, 6.07) is 6.11. The van der Waals surface area contributed by atoms with Crippen molar-refractivity contribution in [2.45, 2.75) is 13.0 Å². The van der Waals surface area contributed by atoms with Gasteiger partial charge in [0.15, 0.2) is 0 Å². The summed E-state index contributed by atoms with van der Waals surface area (Å²) >= 11 is 13.5. The van der Waals surface area contributed by atoms with Crippen LogP contribution in [0.2, 0.25) is 8.67 Å². The lowest BCUT2D eigenvalue weighted by Gasteiger charge is -2.21. The highest BCUT2D eigenvalue weighted by Crippen LogP contribution is 2.40. The van der Waals surface area contributed by atoms with Crippen LogP contribution in [0.25, 0.3) is 0 Å². The monoisotopic (exact) mass is 333 g/mol. The predicted molar refractivity (Wildman–Crippen MR) is 82.8 cm³/mol. The maximum absolute atomic E-state index is 14.2. The molecule has 0 fully saturated rings. The highest BCUT2D eigenvalue weighted by atomic mass is 35.5. The molecule has 1 aromatic heterocycles. The third kappa shape index (κ3) is 3.09. The van der Waals surface area contributed by atoms with Crippen molar-refractivity contribution < 1.29 is 9.13 Å². The van der Waals surface area contributed by atoms with Crippen LogP contribution in [0.5, 0.6) is 5.75 Å². The Morgan fingerprint density at radius 3 is 2.70 bits per heavy atom. The molecule has 6 heteroatoms. The number of thiophene rings is 1. The molecule has 0 spiro atoms. The summed E-state index contributed by atoms with van der Waals surface area (Å²) in [5.41, 5.74) is 1.19. The molecule has 0 aliphatic rings. The van der Waals surface area contributed by atoms with E-state index >= 15 is 0 Å². The lowest BCUT2D eigenvalue weighted by molar-refractivity contribution is 0.397. The van der Waals surface area contributed by atoms with Gasteiger partial charge in [0.2, 0.25) is 0 Å². The van der Waals surface area contributed by atoms with Gasteiger partial charge in [-0.15, -0.1) is 11.3 Å². The van der Waals surface area contributed by atoms with Gasteiger partial charge >= 0.3 is 0 Å². The van der Waals surface area contributed by atoms with Gasteiger partial charge in [0.25, 0.3) is 0 Å². The van der Waals surface area contributed by atoms with Gasteiger partial charge in [0.1, 0.15) is 11.6 Å². The molecule has 1 heterocycles. The second-order valence-electron chi connectivity index (χ2n) is 4.13. The standard InChI is InChI=1S/C14H14Cl2FNOS/c1-3-18-13(8-7-11(15)20-14(8)16)12-9(17)5-4-6-10(12)19-2/h4-7,13,18H,3H2,1-2H3. The molecule has 0 amide bonds. The van der Waals surface area contributed by atoms with E-state index in [2.05, 4.69) is 5.32 Å². The molecule has 0 saturated heterocycles. The summed E-state index contributed by atoms with van der Waals surface area (Å²) in [5.74, 6) is 0.142. The van der Waals surface area contributed by atoms with Gasteiger partial charge in [-0.05, 0) is 24.7 Å². The van der Waals surface area contributed by atoms with Gasteiger partial charge in [-0.2, -0.15) is 0 Å². The fourth-order valence-electron chi connectivity index (χ4n) is 2.10. The highest BCUT2D eigenvalue weighted by Gasteiger charge is 2.25. The second kappa shape index (κ2) is 6.76. The Bertz CT molecular complexity index is 603. The van der Waals surface area contributed by atoms with Gasteiger partial charge in [-0.25, -0.2) is 4.39 Å². The number of rotatable bonds is 5. The van der Waals surface area contributed by atoms with E-state index in [1.807, 2.05) is 6.92 Å². The molecular formula is C14H14Cl2FNOS. The predicted octanol–water partition coefficient (Wildman–Crippen LogP) is 4.90. The molecule has 1 atom stereocenters. The first-order valence-electron chi connectivity index (χ1n) is 6.09. The summed E-state index contributed by atoms with van der Waals surface area (Å²) in [4.78, 5) is 0. The molecule has 0 aliphatic carbocycles. The first-order chi connectivity index (χ1) is 9.58. The molecule has 2 nitrogen and oxygen atoms in total. The van der Waals surface area contributed by atoms with E-state index in [1.165, 1.54) is 24.5 Å². The van der Waals surface area contributed by atoms with E-state index in [9.17, 15) is 4.39 Å². The molecule has 0 radical (unpaired) electrons. The fraction of sp³-hybridized carbons (Fsp3) is 0.286. The van der Waals surface area contributed by atoms with Crippen molar-refractivity contribution in [2.24, 2.45) is 0 Å². The molecule has 1 aromatic carbocycles. The Labute approximate surface area is 131 Å². The van der Waals surface area contributed by atoms with Crippen LogP contribution < -0.4 is 10.1 Å². The summed E-state index contributed by atoms with van der Waals surface area (Å²) in [6.07, 6.45) is 0. The van der Waals surface area contributed by atoms with E-state index < -0.39 is 6.04 Å². The molecule has 2 aromatic rings. The minimum atomic E-state index is -0.396. The summed E-state index contributed by atoms with van der Waals surface area (Å²) in [5, 5.41) is 3.23. The number of nitrogens with one attached hydrogen (secondary N) is 1. The molecule has 0 bridgehead atoms. The maximum Gasteiger partial charge on any atom is 0.132 e. The van der Waals surface area contributed by atoms with Crippen LogP contribution in [0.4, 0.5) is 4.39 Å². The molecule has 2 rings (SSSR count). The van der Waals surface area contributed by atoms with E-state index in [0.717, 1.165) is 5.56 Å². The van der Waals surface area contributed by atoms with E-state index in [1.54, 1.807) is 18.2 Å². The third-order valence-electron chi connectivity index (χ3n) is 2.92. The Morgan fingerprint density at radius 2 is 2.15 bits per heavy atom. The Kier molecular flexibility index (Phi) is 5.27. The van der Waals surface area contributed by atoms with E-state index in [0.29, 0.717) is 26.5 Å². The van der Waals surface area contributed by atoms with E-state index in [4.69, 9.17) is 27.9 Å². The lowest BCUT2D eigenvalue weighted by Crippen LogP contribution is -2.23. The van der Waals surface area contributed by atoms with Gasteiger partial charge in [0, 0.05) is 5.56 Å². The van der Waals surface area contributed by atoms with Crippen molar-refractivity contribution in [3.05, 3.63) is 49.9 Å². The third-order valence-corrected chi connectivity index (χ3v) is 4.44. The molecule has 20 heavy (non-hydrogen) atoms. The minimum absolute atomic E-state index is 0.339. The first kappa shape index (κ1) is 15.6. The number of ether oxygens (including phenoxy) is 1. The second-order valence-corrected chi connectivity index (χ2v) is 6.41. The first-order valence-corrected chi connectivity index (χ1v) is 7.66. The topological polar surface area (TPSA) is 21.3 Å². The van der Waals surface area contributed by atoms with Crippen molar-refractivity contribution >= 4 is 34.5 Å². The zero-order chi connectivity index (χ0) is 14.7. The van der Waals surface area contributed by atoms with Crippen molar-refractivity contribution in [3.63, 3.8) is 0 Å². The van der Waals surface area contributed by atoms with Crippen LogP contribution in [-0.2, 0) is 0 Å². The number of methoxy groups -OCH3 is 1. The molecule has 0 aliphatic heterocycles. The van der Waals surface area contributed by atoms with Crippen LogP contribution in [0.15, 0.2) is 24.3 Å². The summed E-state index contributed by atoms with van der Waals surface area (Å²) in [6.45, 7) is 2.61. The largest absolute Gasteiger partial charge is 0.496 e. The normalized spacial score (nSPS) is 12.4. The van der Waals surface area contributed by atoms with Crippen molar-refractivity contribution in [1.29, 1.82) is 0 Å². The van der Waals surface area contributed by atoms with Crippen molar-refractivity contribution in [2.75, 3.05) is 13.7 Å².